The Balaban J connectivity index is 2.46. The van der Waals surface area contributed by atoms with Crippen LogP contribution in [0.25, 0.3) is 0 Å². The highest BCUT2D eigenvalue weighted by molar-refractivity contribution is 7.42. The third kappa shape index (κ3) is 7.77. The highest BCUT2D eigenvalue weighted by Crippen LogP contribution is 2.38. The van der Waals surface area contributed by atoms with Crippen molar-refractivity contribution in [2.75, 3.05) is 0 Å². The summed E-state index contributed by atoms with van der Waals surface area (Å²) in [6.45, 7) is 42.6. The Hall–Kier alpha value is -1.48. The maximum atomic E-state index is 2.51. The molecule has 0 unspecified atom stereocenters. The molecule has 0 aromatic heterocycles. The van der Waals surface area contributed by atoms with Crippen molar-refractivity contribution in [3.63, 3.8) is 0 Å². The van der Waals surface area contributed by atoms with E-state index < -0.39 is 0 Å². The van der Waals surface area contributed by atoms with Crippen molar-refractivity contribution in [1.29, 1.82) is 0 Å². The molecule has 42 heavy (non-hydrogen) atoms. The van der Waals surface area contributed by atoms with Gasteiger partial charge in [-0.3, -0.25) is 0 Å². The van der Waals surface area contributed by atoms with E-state index in [4.69, 9.17) is 0 Å². The summed E-state index contributed by atoms with van der Waals surface area (Å²) < 4.78 is 0. The molecular weight excluding hydrogens is 542 g/mol. The van der Waals surface area contributed by atoms with Crippen LogP contribution < -0.4 is 10.6 Å². The van der Waals surface area contributed by atoms with E-state index >= 15 is 0 Å². The van der Waals surface area contributed by atoms with E-state index in [0.717, 1.165) is 0 Å². The van der Waals surface area contributed by atoms with Crippen LogP contribution in [0.1, 0.15) is 158 Å². The van der Waals surface area contributed by atoms with E-state index in [-0.39, 0.29) is 32.5 Å². The minimum absolute atomic E-state index is 0.0666. The van der Waals surface area contributed by atoms with Crippen molar-refractivity contribution >= 4 is 27.0 Å². The summed E-state index contributed by atoms with van der Waals surface area (Å²) >= 11 is 0. The van der Waals surface area contributed by atoms with Crippen LogP contribution in [-0.2, 0) is 32.5 Å². The summed E-state index contributed by atoms with van der Waals surface area (Å²) in [4.78, 5) is 2.94. The monoisotopic (exact) mass is 602 g/mol. The molecule has 0 heterocycles. The number of hydrogen-bond acceptors (Lipinski definition) is 0. The van der Waals surface area contributed by atoms with Crippen LogP contribution in [0.15, 0.2) is 36.4 Å². The molecular formula is C40H60P2. The summed E-state index contributed by atoms with van der Waals surface area (Å²) in [6.07, 6.45) is 0. The molecule has 3 aromatic rings. The highest BCUT2D eigenvalue weighted by Gasteiger charge is 2.30. The van der Waals surface area contributed by atoms with Crippen LogP contribution in [0.2, 0.25) is 0 Å². The van der Waals surface area contributed by atoms with Gasteiger partial charge in [0.1, 0.15) is 0 Å². The minimum Gasteiger partial charge on any atom is -0.0588 e. The number of benzene rings is 2. The molecule has 0 N–H and O–H groups in total. The molecule has 0 saturated heterocycles. The molecule has 0 radical (unpaired) electrons. The van der Waals surface area contributed by atoms with Gasteiger partial charge in [0.2, 0.25) is 0 Å². The second-order valence-electron chi connectivity index (χ2n) is 18.7. The van der Waals surface area contributed by atoms with Crippen molar-refractivity contribution in [1.82, 2.24) is 0 Å². The Labute approximate surface area is 263 Å². The fourth-order valence-electron chi connectivity index (χ4n) is 5.33. The zero-order valence-electron chi connectivity index (χ0n) is 30.4. The Morgan fingerprint density at radius 3 is 0.690 bits per heavy atom. The van der Waals surface area contributed by atoms with Gasteiger partial charge < -0.3 is 0 Å². The molecule has 0 aliphatic carbocycles. The second-order valence-corrected chi connectivity index (χ2v) is 21.0. The molecule has 3 aromatic carbocycles. The molecule has 0 aliphatic rings. The normalized spacial score (nSPS) is 15.2. The zero-order valence-corrected chi connectivity index (χ0v) is 32.1. The van der Waals surface area contributed by atoms with Crippen LogP contribution in [0.3, 0.4) is 0 Å². The van der Waals surface area contributed by atoms with Gasteiger partial charge in [0.15, 0.2) is 0 Å². The smallest absolute Gasteiger partial charge is 0.0143 e. The lowest BCUT2D eigenvalue weighted by molar-refractivity contribution is 0.553. The van der Waals surface area contributed by atoms with Crippen LogP contribution in [0.5, 0.6) is 0 Å². The SMILES string of the molecule is CC(C)(C)c1cc(C(C)(C)C)c(P=c2ccc2=Pc2c(C(C)(C)C)cc(C(C)(C)C)cc2C(C)(C)C)c(C(C)(C)C)c1. The Kier molecular flexibility index (Phi) is 9.29. The van der Waals surface area contributed by atoms with Gasteiger partial charge in [0, 0.05) is 20.5 Å². The van der Waals surface area contributed by atoms with Crippen molar-refractivity contribution in [3.8, 4) is 0 Å². The molecule has 2 heteroatoms. The van der Waals surface area contributed by atoms with Gasteiger partial charge in [-0.15, -0.1) is 0 Å². The molecule has 230 valence electrons. The molecule has 0 amide bonds. The lowest BCUT2D eigenvalue weighted by atomic mass is 9.75. The van der Waals surface area contributed by atoms with Crippen LogP contribution in [0.4, 0.5) is 0 Å². The summed E-state index contributed by atoms with van der Waals surface area (Å²) in [7, 11) is 2.67. The molecule has 0 fully saturated rings. The fraction of sp³-hybridized carbons (Fsp3) is 0.600. The molecule has 0 aliphatic heterocycles. The highest BCUT2D eigenvalue weighted by atomic mass is 31.1. The second kappa shape index (κ2) is 11.1. The van der Waals surface area contributed by atoms with Gasteiger partial charge in [-0.25, -0.2) is 0 Å². The van der Waals surface area contributed by atoms with Crippen LogP contribution >= 0.6 is 16.4 Å². The van der Waals surface area contributed by atoms with E-state index in [1.54, 1.807) is 0 Å². The molecule has 0 saturated carbocycles. The third-order valence-electron chi connectivity index (χ3n) is 8.31. The molecule has 0 nitrogen and oxygen atoms in total. The average molecular weight is 603 g/mol. The maximum Gasteiger partial charge on any atom is 0.0143 e. The summed E-state index contributed by atoms with van der Waals surface area (Å²) in [6, 6.07) is 14.8. The van der Waals surface area contributed by atoms with Crippen LogP contribution in [0, 0.1) is 9.88 Å². The lowest BCUT2D eigenvalue weighted by Gasteiger charge is -2.33. The largest absolute Gasteiger partial charge is 0.0588 e. The molecule has 3 rings (SSSR count). The van der Waals surface area contributed by atoms with Gasteiger partial charge in [-0.2, -0.15) is 0 Å². The first-order valence-corrected chi connectivity index (χ1v) is 17.7. The van der Waals surface area contributed by atoms with Crippen LogP contribution in [-0.4, -0.2) is 0 Å². The lowest BCUT2D eigenvalue weighted by Crippen LogP contribution is -2.30. The summed E-state index contributed by atoms with van der Waals surface area (Å²) in [5.41, 5.74) is 9.34. The predicted molar refractivity (Wildman–Crippen MR) is 193 cm³/mol. The van der Waals surface area contributed by atoms with E-state index in [1.165, 1.54) is 70.3 Å². The first kappa shape index (κ1) is 35.0. The number of hydrogen-bond donors (Lipinski definition) is 0. The zero-order chi connectivity index (χ0) is 32.4. The van der Waals surface area contributed by atoms with Gasteiger partial charge in [0.05, 0.1) is 0 Å². The van der Waals surface area contributed by atoms with Gasteiger partial charge in [0.25, 0.3) is 0 Å². The maximum absolute atomic E-state index is 2.51. The van der Waals surface area contributed by atoms with E-state index in [2.05, 4.69) is 161 Å². The Morgan fingerprint density at radius 2 is 0.548 bits per heavy atom. The van der Waals surface area contributed by atoms with E-state index in [1.807, 2.05) is 0 Å². The first-order valence-electron chi connectivity index (χ1n) is 15.9. The number of rotatable bonds is 2. The minimum atomic E-state index is 0.0666. The third-order valence-corrected chi connectivity index (χ3v) is 11.2. The predicted octanol–water partition coefficient (Wildman–Crippen LogP) is 12.0. The van der Waals surface area contributed by atoms with Gasteiger partial charge >= 0.3 is 0 Å². The van der Waals surface area contributed by atoms with Crippen molar-refractivity contribution in [2.24, 2.45) is 0 Å². The summed E-state index contributed by atoms with van der Waals surface area (Å²) in [5.74, 6) is 0. The van der Waals surface area contributed by atoms with E-state index in [9.17, 15) is 0 Å². The van der Waals surface area contributed by atoms with Crippen molar-refractivity contribution in [2.45, 2.75) is 157 Å². The molecule has 0 spiro atoms. The fourth-order valence-corrected chi connectivity index (χ4v) is 8.86. The first-order chi connectivity index (χ1) is 18.6. The van der Waals surface area contributed by atoms with Crippen molar-refractivity contribution < 1.29 is 0 Å². The standard InChI is InChI=1S/C40H60P2/c1-35(2,3)25-21-27(37(7,8)9)33(28(22-25)38(10,11)12)41-31-19-20-32(31)42-34-29(39(13,14)15)23-26(36(4,5)6)24-30(34)40(16,17)18/h19-24H,1-18H3. The Bertz CT molecular complexity index is 1350. The average Bonchev–Trinajstić information content (AvgIpc) is 2.75. The van der Waals surface area contributed by atoms with E-state index in [0.29, 0.717) is 0 Å². The molecule has 0 atom stereocenters. The van der Waals surface area contributed by atoms with Crippen molar-refractivity contribution in [3.05, 3.63) is 79.7 Å². The summed E-state index contributed by atoms with van der Waals surface area (Å²) in [5, 5.41) is 3.01. The van der Waals surface area contributed by atoms with Gasteiger partial charge in [-0.05, 0) is 78.0 Å². The Morgan fingerprint density at radius 1 is 0.333 bits per heavy atom. The topological polar surface area (TPSA) is 0 Å². The quantitative estimate of drug-likeness (QED) is 0.256. The molecule has 0 bridgehead atoms. The van der Waals surface area contributed by atoms with Gasteiger partial charge in [-0.1, -0.05) is 165 Å².